The Hall–Kier alpha value is -2.41. The molecule has 2 aromatic rings. The van der Waals surface area contributed by atoms with Crippen LogP contribution in [-0.4, -0.2) is 12.4 Å². The van der Waals surface area contributed by atoms with Crippen molar-refractivity contribution in [2.24, 2.45) is 0 Å². The van der Waals surface area contributed by atoms with Gasteiger partial charge in [0, 0.05) is 6.42 Å². The molecule has 1 amide bonds. The standard InChI is InChI=1S/C19H19ClF3NO3/c1-3-5-17(26-14-7-4-6-13(11-14)19(21,22)23)27-18(25)24-16-10-12(2)8-9-15(16)20/h4,6-11,17H,3,5H2,1-2H3,(H,24,25). The fourth-order valence-corrected chi connectivity index (χ4v) is 2.43. The van der Waals surface area contributed by atoms with Crippen LogP contribution < -0.4 is 10.1 Å². The van der Waals surface area contributed by atoms with Crippen LogP contribution in [0.1, 0.15) is 30.9 Å². The van der Waals surface area contributed by atoms with Gasteiger partial charge in [-0.1, -0.05) is 30.7 Å². The minimum absolute atomic E-state index is 0.0373. The van der Waals surface area contributed by atoms with E-state index in [0.717, 1.165) is 17.7 Å². The van der Waals surface area contributed by atoms with Gasteiger partial charge in [0.2, 0.25) is 6.29 Å². The van der Waals surface area contributed by atoms with Gasteiger partial charge in [0.25, 0.3) is 0 Å². The van der Waals surface area contributed by atoms with E-state index in [1.807, 2.05) is 13.8 Å². The predicted octanol–water partition coefficient (Wildman–Crippen LogP) is 6.42. The third-order valence-electron chi connectivity index (χ3n) is 3.55. The summed E-state index contributed by atoms with van der Waals surface area (Å²) in [6, 6.07) is 9.50. The van der Waals surface area contributed by atoms with Crippen LogP contribution in [0.5, 0.6) is 5.75 Å². The lowest BCUT2D eigenvalue weighted by Gasteiger charge is -2.20. The number of nitrogens with one attached hydrogen (secondary N) is 1. The van der Waals surface area contributed by atoms with Crippen molar-refractivity contribution in [1.29, 1.82) is 0 Å². The highest BCUT2D eigenvalue weighted by molar-refractivity contribution is 6.33. The van der Waals surface area contributed by atoms with E-state index in [4.69, 9.17) is 21.1 Å². The topological polar surface area (TPSA) is 47.6 Å². The van der Waals surface area contributed by atoms with Gasteiger partial charge in [0.05, 0.1) is 16.3 Å². The van der Waals surface area contributed by atoms with E-state index in [1.54, 1.807) is 18.2 Å². The van der Waals surface area contributed by atoms with Gasteiger partial charge in [-0.2, -0.15) is 13.2 Å². The normalized spacial score (nSPS) is 12.4. The molecule has 0 aliphatic carbocycles. The lowest BCUT2D eigenvalue weighted by atomic mass is 10.2. The molecule has 1 atom stereocenters. The van der Waals surface area contributed by atoms with Crippen molar-refractivity contribution in [3.8, 4) is 5.75 Å². The maximum atomic E-state index is 12.8. The molecule has 0 aromatic heterocycles. The number of ether oxygens (including phenoxy) is 2. The van der Waals surface area contributed by atoms with E-state index in [2.05, 4.69) is 5.32 Å². The second kappa shape index (κ2) is 8.99. The summed E-state index contributed by atoms with van der Waals surface area (Å²) in [4.78, 5) is 12.1. The van der Waals surface area contributed by atoms with Crippen molar-refractivity contribution in [3.05, 3.63) is 58.6 Å². The highest BCUT2D eigenvalue weighted by Gasteiger charge is 2.31. The molecule has 0 bridgehead atoms. The predicted molar refractivity (Wildman–Crippen MR) is 97.1 cm³/mol. The van der Waals surface area contributed by atoms with E-state index in [0.29, 0.717) is 23.6 Å². The molecule has 0 fully saturated rings. The summed E-state index contributed by atoms with van der Waals surface area (Å²) < 4.78 is 49.1. The van der Waals surface area contributed by atoms with Crippen LogP contribution in [0.25, 0.3) is 0 Å². The second-order valence-corrected chi connectivity index (χ2v) is 6.28. The minimum Gasteiger partial charge on any atom is -0.455 e. The second-order valence-electron chi connectivity index (χ2n) is 5.88. The Morgan fingerprint density at radius 2 is 1.96 bits per heavy atom. The van der Waals surface area contributed by atoms with Crippen molar-refractivity contribution < 1.29 is 27.4 Å². The Morgan fingerprint density at radius 3 is 2.63 bits per heavy atom. The molecule has 0 saturated carbocycles. The number of rotatable bonds is 6. The SMILES string of the molecule is CCCC(OC(=O)Nc1cc(C)ccc1Cl)Oc1cccc(C(F)(F)F)c1. The highest BCUT2D eigenvalue weighted by Crippen LogP contribution is 2.32. The maximum Gasteiger partial charge on any atom is 0.416 e. The summed E-state index contributed by atoms with van der Waals surface area (Å²) in [7, 11) is 0. The zero-order valence-electron chi connectivity index (χ0n) is 14.8. The first-order valence-electron chi connectivity index (χ1n) is 8.26. The summed E-state index contributed by atoms with van der Waals surface area (Å²) in [5, 5.41) is 2.84. The van der Waals surface area contributed by atoms with Crippen molar-refractivity contribution in [2.75, 3.05) is 5.32 Å². The number of benzene rings is 2. The molecule has 0 heterocycles. The van der Waals surface area contributed by atoms with E-state index < -0.39 is 24.1 Å². The van der Waals surface area contributed by atoms with Crippen LogP contribution in [-0.2, 0) is 10.9 Å². The molecule has 1 N–H and O–H groups in total. The van der Waals surface area contributed by atoms with Crippen LogP contribution in [0.4, 0.5) is 23.7 Å². The van der Waals surface area contributed by atoms with Crippen LogP contribution >= 0.6 is 11.6 Å². The zero-order chi connectivity index (χ0) is 20.0. The third kappa shape index (κ3) is 6.36. The zero-order valence-corrected chi connectivity index (χ0v) is 15.5. The summed E-state index contributed by atoms with van der Waals surface area (Å²) >= 11 is 6.02. The van der Waals surface area contributed by atoms with Gasteiger partial charge in [-0.25, -0.2) is 4.79 Å². The highest BCUT2D eigenvalue weighted by atomic mass is 35.5. The van der Waals surface area contributed by atoms with Gasteiger partial charge in [0.1, 0.15) is 5.75 Å². The Morgan fingerprint density at radius 1 is 1.22 bits per heavy atom. The fourth-order valence-electron chi connectivity index (χ4n) is 2.27. The van der Waals surface area contributed by atoms with E-state index in [-0.39, 0.29) is 5.75 Å². The number of anilines is 1. The summed E-state index contributed by atoms with van der Waals surface area (Å²) in [6.07, 6.45) is -5.43. The molecule has 4 nitrogen and oxygen atoms in total. The average molecular weight is 402 g/mol. The number of hydrogen-bond donors (Lipinski definition) is 1. The molecule has 146 valence electrons. The summed E-state index contributed by atoms with van der Waals surface area (Å²) in [5.74, 6) is -0.0373. The molecule has 0 spiro atoms. The first-order chi connectivity index (χ1) is 12.7. The Bertz CT molecular complexity index is 796. The number of carbonyl (C=O) groups excluding carboxylic acids is 1. The molecule has 0 aliphatic rings. The number of alkyl halides is 3. The van der Waals surface area contributed by atoms with Gasteiger partial charge < -0.3 is 9.47 Å². The third-order valence-corrected chi connectivity index (χ3v) is 3.88. The summed E-state index contributed by atoms with van der Waals surface area (Å²) in [6.45, 7) is 3.67. The number of halogens is 4. The molecule has 8 heteroatoms. The molecule has 1 unspecified atom stereocenters. The van der Waals surface area contributed by atoms with Crippen molar-refractivity contribution in [3.63, 3.8) is 0 Å². The molecule has 27 heavy (non-hydrogen) atoms. The number of aryl methyl sites for hydroxylation is 1. The molecule has 2 aromatic carbocycles. The number of carbonyl (C=O) groups is 1. The van der Waals surface area contributed by atoms with Crippen molar-refractivity contribution in [2.45, 2.75) is 39.2 Å². The lowest BCUT2D eigenvalue weighted by Crippen LogP contribution is -2.27. The first kappa shape index (κ1) is 20.9. The van der Waals surface area contributed by atoms with E-state index in [9.17, 15) is 18.0 Å². The Balaban J connectivity index is 2.07. The van der Waals surface area contributed by atoms with E-state index >= 15 is 0 Å². The van der Waals surface area contributed by atoms with E-state index in [1.165, 1.54) is 12.1 Å². The van der Waals surface area contributed by atoms with Gasteiger partial charge in [-0.05, 0) is 49.2 Å². The molecular weight excluding hydrogens is 383 g/mol. The first-order valence-corrected chi connectivity index (χ1v) is 8.64. The van der Waals surface area contributed by atoms with Crippen LogP contribution in [0.15, 0.2) is 42.5 Å². The smallest absolute Gasteiger partial charge is 0.416 e. The van der Waals surface area contributed by atoms with Gasteiger partial charge in [-0.3, -0.25) is 5.32 Å². The average Bonchev–Trinajstić information content (AvgIpc) is 2.58. The van der Waals surface area contributed by atoms with Gasteiger partial charge in [0.15, 0.2) is 0 Å². The Labute approximate surface area is 160 Å². The van der Waals surface area contributed by atoms with Gasteiger partial charge >= 0.3 is 12.3 Å². The van der Waals surface area contributed by atoms with Crippen LogP contribution in [0.3, 0.4) is 0 Å². The quantitative estimate of drug-likeness (QED) is 0.568. The molecule has 2 rings (SSSR count). The van der Waals surface area contributed by atoms with Crippen molar-refractivity contribution >= 4 is 23.4 Å². The largest absolute Gasteiger partial charge is 0.455 e. The lowest BCUT2D eigenvalue weighted by molar-refractivity contribution is -0.137. The van der Waals surface area contributed by atoms with Crippen LogP contribution in [0.2, 0.25) is 5.02 Å². The maximum absolute atomic E-state index is 12.8. The fraction of sp³-hybridized carbons (Fsp3) is 0.316. The molecule has 0 saturated heterocycles. The van der Waals surface area contributed by atoms with Gasteiger partial charge in [-0.15, -0.1) is 0 Å². The molecular formula is C19H19ClF3NO3. The minimum atomic E-state index is -4.49. The Kier molecular flexibility index (Phi) is 6.96. The summed E-state index contributed by atoms with van der Waals surface area (Å²) in [5.41, 5.74) is 0.419. The van der Waals surface area contributed by atoms with Crippen molar-refractivity contribution in [1.82, 2.24) is 0 Å². The molecule has 0 radical (unpaired) electrons. The number of hydrogen-bond acceptors (Lipinski definition) is 3. The monoisotopic (exact) mass is 401 g/mol. The number of amides is 1. The molecule has 0 aliphatic heterocycles. The van der Waals surface area contributed by atoms with Crippen LogP contribution in [0, 0.1) is 6.92 Å².